The number of carboxylic acid groups (broad SMARTS) is 1. The first-order valence-electron chi connectivity index (χ1n) is 3.72. The Kier molecular flexibility index (Phi) is 3.51. The van der Waals surface area contributed by atoms with Gasteiger partial charge in [-0.05, 0) is 28.1 Å². The molecule has 0 aliphatic heterocycles. The van der Waals surface area contributed by atoms with E-state index in [9.17, 15) is 14.9 Å². The lowest BCUT2D eigenvalue weighted by Crippen LogP contribution is -1.95. The van der Waals surface area contributed by atoms with Crippen LogP contribution in [-0.4, -0.2) is 21.0 Å². The monoisotopic (exact) mass is 272 g/mol. The van der Waals surface area contributed by atoms with Crippen molar-refractivity contribution in [3.63, 3.8) is 0 Å². The molecule has 1 aromatic heterocycles. The summed E-state index contributed by atoms with van der Waals surface area (Å²) in [6.07, 6.45) is 1.87. The van der Waals surface area contributed by atoms with Crippen LogP contribution in [0.3, 0.4) is 0 Å². The van der Waals surface area contributed by atoms with E-state index in [-0.39, 0.29) is 11.4 Å². The van der Waals surface area contributed by atoms with Crippen LogP contribution < -0.4 is 0 Å². The molecule has 7 heteroatoms. The lowest BCUT2D eigenvalue weighted by Gasteiger charge is -1.96. The average molecular weight is 273 g/mol. The summed E-state index contributed by atoms with van der Waals surface area (Å²) in [5.41, 5.74) is -0.243. The van der Waals surface area contributed by atoms with Crippen molar-refractivity contribution in [3.05, 3.63) is 38.6 Å². The number of carbonyl (C=O) groups is 1. The topological polar surface area (TPSA) is 93.3 Å². The molecule has 0 saturated carbocycles. The molecule has 78 valence electrons. The molecule has 0 radical (unpaired) electrons. The van der Waals surface area contributed by atoms with E-state index in [1.165, 1.54) is 12.1 Å². The Hall–Kier alpha value is -1.76. The standard InChI is InChI=1S/C8H5BrN2O4/c9-7-3-2-6(11(14)15)5(10-7)1-4-8(12)13/h1-4H,(H,12,13)/b4-1+. The zero-order valence-electron chi connectivity index (χ0n) is 7.25. The van der Waals surface area contributed by atoms with E-state index < -0.39 is 10.9 Å². The summed E-state index contributed by atoms with van der Waals surface area (Å²) in [7, 11) is 0. The van der Waals surface area contributed by atoms with Gasteiger partial charge in [0.05, 0.1) is 4.92 Å². The summed E-state index contributed by atoms with van der Waals surface area (Å²) in [5, 5.41) is 18.9. The summed E-state index contributed by atoms with van der Waals surface area (Å²) in [5.74, 6) is -1.19. The van der Waals surface area contributed by atoms with Gasteiger partial charge in [-0.25, -0.2) is 9.78 Å². The third kappa shape index (κ3) is 3.13. The molecule has 0 atom stereocenters. The third-order valence-electron chi connectivity index (χ3n) is 1.45. The minimum absolute atomic E-state index is 0.00299. The second kappa shape index (κ2) is 4.65. The number of aromatic nitrogens is 1. The molecule has 15 heavy (non-hydrogen) atoms. The zero-order chi connectivity index (χ0) is 11.4. The van der Waals surface area contributed by atoms with Crippen LogP contribution in [0.2, 0.25) is 0 Å². The Morgan fingerprint density at radius 2 is 2.27 bits per heavy atom. The number of pyridine rings is 1. The molecule has 0 spiro atoms. The second-order valence-electron chi connectivity index (χ2n) is 2.47. The summed E-state index contributed by atoms with van der Waals surface area (Å²) in [6.45, 7) is 0. The largest absolute Gasteiger partial charge is 0.478 e. The number of carboxylic acids is 1. The van der Waals surface area contributed by atoms with Crippen molar-refractivity contribution >= 4 is 33.7 Å². The van der Waals surface area contributed by atoms with Crippen LogP contribution in [0.25, 0.3) is 6.08 Å². The number of nitro groups is 1. The molecule has 0 aliphatic carbocycles. The fourth-order valence-electron chi connectivity index (χ4n) is 0.870. The van der Waals surface area contributed by atoms with Crippen LogP contribution in [0, 0.1) is 10.1 Å². The van der Waals surface area contributed by atoms with Gasteiger partial charge in [0, 0.05) is 12.1 Å². The van der Waals surface area contributed by atoms with Gasteiger partial charge in [0.2, 0.25) is 0 Å². The highest BCUT2D eigenvalue weighted by molar-refractivity contribution is 9.10. The third-order valence-corrected chi connectivity index (χ3v) is 1.89. The van der Waals surface area contributed by atoms with E-state index in [4.69, 9.17) is 5.11 Å². The molecule has 0 unspecified atom stereocenters. The molecule has 1 aromatic rings. The van der Waals surface area contributed by atoms with Gasteiger partial charge in [0.1, 0.15) is 10.3 Å². The minimum atomic E-state index is -1.19. The van der Waals surface area contributed by atoms with Gasteiger partial charge in [-0.15, -0.1) is 0 Å². The summed E-state index contributed by atoms with van der Waals surface area (Å²) in [6, 6.07) is 2.66. The normalized spacial score (nSPS) is 10.5. The number of rotatable bonds is 3. The van der Waals surface area contributed by atoms with Gasteiger partial charge in [-0.1, -0.05) is 0 Å². The Morgan fingerprint density at radius 3 is 2.80 bits per heavy atom. The summed E-state index contributed by atoms with van der Waals surface area (Å²) >= 11 is 3.04. The summed E-state index contributed by atoms with van der Waals surface area (Å²) < 4.78 is 0.401. The van der Waals surface area contributed by atoms with Crippen LogP contribution in [-0.2, 0) is 4.79 Å². The lowest BCUT2D eigenvalue weighted by atomic mass is 10.3. The molecular formula is C8H5BrN2O4. The maximum atomic E-state index is 10.5. The number of halogens is 1. The highest BCUT2D eigenvalue weighted by atomic mass is 79.9. The smallest absolute Gasteiger partial charge is 0.328 e. The van der Waals surface area contributed by atoms with E-state index in [1.54, 1.807) is 0 Å². The average Bonchev–Trinajstić information content (AvgIpc) is 2.14. The van der Waals surface area contributed by atoms with Gasteiger partial charge in [0.15, 0.2) is 0 Å². The maximum absolute atomic E-state index is 10.5. The highest BCUT2D eigenvalue weighted by Crippen LogP contribution is 2.20. The second-order valence-corrected chi connectivity index (χ2v) is 3.28. The van der Waals surface area contributed by atoms with Crippen molar-refractivity contribution in [2.45, 2.75) is 0 Å². The van der Waals surface area contributed by atoms with Crippen molar-refractivity contribution in [1.29, 1.82) is 0 Å². The predicted octanol–water partition coefficient (Wildman–Crippen LogP) is 1.85. The molecule has 0 aromatic carbocycles. The number of hydrogen-bond donors (Lipinski definition) is 1. The van der Waals surface area contributed by atoms with Crippen LogP contribution in [0.15, 0.2) is 22.8 Å². The number of hydrogen-bond acceptors (Lipinski definition) is 4. The highest BCUT2D eigenvalue weighted by Gasteiger charge is 2.12. The van der Waals surface area contributed by atoms with Crippen molar-refractivity contribution in [2.75, 3.05) is 0 Å². The quantitative estimate of drug-likeness (QED) is 0.392. The van der Waals surface area contributed by atoms with Gasteiger partial charge in [0.25, 0.3) is 5.69 Å². The Balaban J connectivity index is 3.18. The van der Waals surface area contributed by atoms with Gasteiger partial charge >= 0.3 is 5.97 Å². The van der Waals surface area contributed by atoms with Gasteiger partial charge in [-0.3, -0.25) is 10.1 Å². The van der Waals surface area contributed by atoms with E-state index in [2.05, 4.69) is 20.9 Å². The number of aliphatic carboxylic acids is 1. The zero-order valence-corrected chi connectivity index (χ0v) is 8.84. The molecule has 1 heterocycles. The van der Waals surface area contributed by atoms with Crippen molar-refractivity contribution in [2.24, 2.45) is 0 Å². The van der Waals surface area contributed by atoms with Crippen LogP contribution >= 0.6 is 15.9 Å². The molecule has 0 bridgehead atoms. The fraction of sp³-hybridized carbons (Fsp3) is 0. The van der Waals surface area contributed by atoms with E-state index in [0.29, 0.717) is 4.60 Å². The van der Waals surface area contributed by atoms with Gasteiger partial charge in [-0.2, -0.15) is 0 Å². The molecule has 0 saturated heterocycles. The number of nitrogens with zero attached hydrogens (tertiary/aromatic N) is 2. The minimum Gasteiger partial charge on any atom is -0.478 e. The maximum Gasteiger partial charge on any atom is 0.328 e. The summed E-state index contributed by atoms with van der Waals surface area (Å²) in [4.78, 5) is 24.0. The molecule has 0 amide bonds. The van der Waals surface area contributed by atoms with E-state index in [0.717, 1.165) is 12.2 Å². The van der Waals surface area contributed by atoms with Gasteiger partial charge < -0.3 is 5.11 Å². The Morgan fingerprint density at radius 1 is 1.60 bits per heavy atom. The molecule has 1 N–H and O–H groups in total. The van der Waals surface area contributed by atoms with Crippen LogP contribution in [0.5, 0.6) is 0 Å². The molecule has 1 rings (SSSR count). The SMILES string of the molecule is O=C(O)/C=C/c1nc(Br)ccc1[N+](=O)[O-]. The first-order valence-corrected chi connectivity index (χ1v) is 4.52. The molecule has 0 aliphatic rings. The van der Waals surface area contributed by atoms with E-state index >= 15 is 0 Å². The predicted molar refractivity (Wildman–Crippen MR) is 55.3 cm³/mol. The molecule has 0 fully saturated rings. The Labute approximate surface area is 92.5 Å². The lowest BCUT2D eigenvalue weighted by molar-refractivity contribution is -0.385. The van der Waals surface area contributed by atoms with Crippen molar-refractivity contribution in [3.8, 4) is 0 Å². The van der Waals surface area contributed by atoms with Crippen LogP contribution in [0.4, 0.5) is 5.69 Å². The van der Waals surface area contributed by atoms with Crippen molar-refractivity contribution in [1.82, 2.24) is 4.98 Å². The molecule has 6 nitrogen and oxygen atoms in total. The Bertz CT molecular complexity index is 444. The van der Waals surface area contributed by atoms with Crippen molar-refractivity contribution < 1.29 is 14.8 Å². The first kappa shape index (κ1) is 11.3. The van der Waals surface area contributed by atoms with E-state index in [1.807, 2.05) is 0 Å². The molecular weight excluding hydrogens is 268 g/mol. The fourth-order valence-corrected chi connectivity index (χ4v) is 1.19. The van der Waals surface area contributed by atoms with Crippen LogP contribution in [0.1, 0.15) is 5.69 Å². The first-order chi connectivity index (χ1) is 7.00.